The van der Waals surface area contributed by atoms with Crippen LogP contribution in [-0.2, 0) is 4.79 Å². The highest BCUT2D eigenvalue weighted by molar-refractivity contribution is 5.97. The molecule has 2 aliphatic rings. The van der Waals surface area contributed by atoms with E-state index in [2.05, 4.69) is 37.6 Å². The lowest BCUT2D eigenvalue weighted by Crippen LogP contribution is -2.34. The molecule has 0 atom stereocenters. The van der Waals surface area contributed by atoms with Crippen LogP contribution in [0.25, 0.3) is 0 Å². The summed E-state index contributed by atoms with van der Waals surface area (Å²) in [6, 6.07) is 8.50. The normalized spacial score (nSPS) is 16.9. The summed E-state index contributed by atoms with van der Waals surface area (Å²) in [6.45, 7) is 3.62. The molecule has 8 nitrogen and oxygen atoms in total. The number of ketones is 1. The number of Topliss-reactive ketones (excluding diaryl/α,β-unsaturated/α-hetero) is 1. The summed E-state index contributed by atoms with van der Waals surface area (Å²) in [6.07, 6.45) is 6.40. The Morgan fingerprint density at radius 2 is 1.83 bits per heavy atom. The molecule has 1 aromatic heterocycles. The van der Waals surface area contributed by atoms with Crippen LogP contribution in [0.2, 0.25) is 0 Å². The van der Waals surface area contributed by atoms with Crippen LogP contribution in [0, 0.1) is 5.92 Å². The zero-order valence-electron chi connectivity index (χ0n) is 17.2. The summed E-state index contributed by atoms with van der Waals surface area (Å²) in [5.41, 5.74) is 7.77. The van der Waals surface area contributed by atoms with Crippen LogP contribution >= 0.6 is 0 Å². The highest BCUT2D eigenvalue weighted by Crippen LogP contribution is 2.28. The van der Waals surface area contributed by atoms with Crippen molar-refractivity contribution in [3.8, 4) is 0 Å². The number of carbonyl (C=O) groups excluding carboxylic acids is 2. The maximum absolute atomic E-state index is 11.6. The number of aromatic nitrogens is 2. The molecule has 30 heavy (non-hydrogen) atoms. The largest absolute Gasteiger partial charge is 0.372 e. The van der Waals surface area contributed by atoms with E-state index in [4.69, 9.17) is 5.73 Å². The van der Waals surface area contributed by atoms with Gasteiger partial charge in [-0.3, -0.25) is 4.79 Å². The SMILES string of the molecule is CC(=O)CC1CCN(c2ccc(Nc3ncc(C(N)=O)c(NC4CC4)n3)cc2)CC1. The van der Waals surface area contributed by atoms with Crippen molar-refractivity contribution in [3.63, 3.8) is 0 Å². The van der Waals surface area contributed by atoms with Crippen LogP contribution in [0.3, 0.4) is 0 Å². The van der Waals surface area contributed by atoms with Crippen molar-refractivity contribution in [2.24, 2.45) is 11.7 Å². The number of benzene rings is 1. The first-order chi connectivity index (χ1) is 14.5. The van der Waals surface area contributed by atoms with E-state index in [0.717, 1.165) is 44.5 Å². The Kier molecular flexibility index (Phi) is 5.83. The Bertz CT molecular complexity index is 918. The quantitative estimate of drug-likeness (QED) is 0.615. The second kappa shape index (κ2) is 8.69. The van der Waals surface area contributed by atoms with Crippen molar-refractivity contribution < 1.29 is 9.59 Å². The molecule has 0 unspecified atom stereocenters. The van der Waals surface area contributed by atoms with Crippen molar-refractivity contribution in [3.05, 3.63) is 36.0 Å². The summed E-state index contributed by atoms with van der Waals surface area (Å²) < 4.78 is 0. The number of hydrogen-bond donors (Lipinski definition) is 3. The molecule has 4 N–H and O–H groups in total. The number of nitrogens with one attached hydrogen (secondary N) is 2. The number of amides is 1. The van der Waals surface area contributed by atoms with E-state index in [1.165, 1.54) is 11.9 Å². The number of nitrogens with two attached hydrogens (primary N) is 1. The highest BCUT2D eigenvalue weighted by atomic mass is 16.1. The maximum atomic E-state index is 11.6. The Labute approximate surface area is 176 Å². The Morgan fingerprint density at radius 3 is 2.43 bits per heavy atom. The summed E-state index contributed by atoms with van der Waals surface area (Å²) >= 11 is 0. The van der Waals surface area contributed by atoms with E-state index >= 15 is 0 Å². The van der Waals surface area contributed by atoms with Crippen molar-refractivity contribution in [1.29, 1.82) is 0 Å². The van der Waals surface area contributed by atoms with E-state index in [9.17, 15) is 9.59 Å². The maximum Gasteiger partial charge on any atom is 0.254 e. The number of carbonyl (C=O) groups is 2. The third kappa shape index (κ3) is 5.06. The molecule has 1 aromatic carbocycles. The predicted molar refractivity (Wildman–Crippen MR) is 117 cm³/mol. The molecule has 2 fully saturated rings. The molecule has 0 spiro atoms. The van der Waals surface area contributed by atoms with Gasteiger partial charge in [0.1, 0.15) is 11.6 Å². The third-order valence-corrected chi connectivity index (χ3v) is 5.65. The van der Waals surface area contributed by atoms with Gasteiger partial charge in [-0.05, 0) is 62.8 Å². The van der Waals surface area contributed by atoms with Gasteiger partial charge in [-0.25, -0.2) is 4.98 Å². The van der Waals surface area contributed by atoms with Gasteiger partial charge in [0.15, 0.2) is 0 Å². The van der Waals surface area contributed by atoms with Crippen LogP contribution in [0.4, 0.5) is 23.1 Å². The number of anilines is 4. The summed E-state index contributed by atoms with van der Waals surface area (Å²) in [5.74, 6) is 1.15. The molecule has 1 amide bonds. The molecule has 8 heteroatoms. The second-order valence-electron chi connectivity index (χ2n) is 8.25. The Morgan fingerprint density at radius 1 is 1.13 bits per heavy atom. The number of rotatable bonds is 8. The summed E-state index contributed by atoms with van der Waals surface area (Å²) in [4.78, 5) is 34.0. The number of hydrogen-bond acceptors (Lipinski definition) is 7. The molecule has 1 aliphatic heterocycles. The van der Waals surface area contributed by atoms with Gasteiger partial charge in [0.2, 0.25) is 5.95 Å². The van der Waals surface area contributed by atoms with Gasteiger partial charge < -0.3 is 26.1 Å². The molecule has 0 bridgehead atoms. The lowest BCUT2D eigenvalue weighted by Gasteiger charge is -2.33. The lowest BCUT2D eigenvalue weighted by atomic mass is 9.92. The first kappa shape index (κ1) is 20.1. The average molecular weight is 409 g/mol. The van der Waals surface area contributed by atoms with Gasteiger partial charge in [0.25, 0.3) is 5.91 Å². The van der Waals surface area contributed by atoms with Gasteiger partial charge in [-0.2, -0.15) is 4.98 Å². The van der Waals surface area contributed by atoms with Crippen LogP contribution in [0.5, 0.6) is 0 Å². The first-order valence-corrected chi connectivity index (χ1v) is 10.5. The second-order valence-corrected chi connectivity index (χ2v) is 8.25. The molecule has 2 heterocycles. The van der Waals surface area contributed by atoms with Gasteiger partial charge in [-0.1, -0.05) is 0 Å². The fraction of sp³-hybridized carbons (Fsp3) is 0.455. The summed E-state index contributed by atoms with van der Waals surface area (Å²) in [5, 5.41) is 6.43. The van der Waals surface area contributed by atoms with E-state index in [1.54, 1.807) is 6.92 Å². The van der Waals surface area contributed by atoms with E-state index in [-0.39, 0.29) is 5.78 Å². The van der Waals surface area contributed by atoms with Crippen LogP contribution in [0.15, 0.2) is 30.5 Å². The zero-order valence-corrected chi connectivity index (χ0v) is 17.2. The number of primary amides is 1. The minimum Gasteiger partial charge on any atom is -0.372 e. The Hall–Kier alpha value is -3.16. The van der Waals surface area contributed by atoms with E-state index in [0.29, 0.717) is 35.7 Å². The predicted octanol–water partition coefficient (Wildman–Crippen LogP) is 3.09. The number of piperidine rings is 1. The number of nitrogens with zero attached hydrogens (tertiary/aromatic N) is 3. The monoisotopic (exact) mass is 408 g/mol. The molecular weight excluding hydrogens is 380 g/mol. The molecular formula is C22H28N6O2. The minimum atomic E-state index is -0.541. The van der Waals surface area contributed by atoms with E-state index < -0.39 is 5.91 Å². The molecule has 1 saturated carbocycles. The lowest BCUT2D eigenvalue weighted by molar-refractivity contribution is -0.118. The average Bonchev–Trinajstić information content (AvgIpc) is 3.53. The van der Waals surface area contributed by atoms with Crippen molar-refractivity contribution in [2.45, 2.75) is 45.1 Å². The van der Waals surface area contributed by atoms with Gasteiger partial charge in [0, 0.05) is 43.1 Å². The standard InChI is InChI=1S/C22H28N6O2/c1-14(29)12-15-8-10-28(11-9-15)18-6-4-17(5-7-18)26-22-24-13-19(20(23)30)21(27-22)25-16-2-3-16/h4-7,13,15-16H,2-3,8-12H2,1H3,(H2,23,30)(H2,24,25,26,27). The molecule has 4 rings (SSSR count). The zero-order chi connectivity index (χ0) is 21.1. The third-order valence-electron chi connectivity index (χ3n) is 5.65. The molecule has 158 valence electrons. The van der Waals surface area contributed by atoms with Gasteiger partial charge in [-0.15, -0.1) is 0 Å². The van der Waals surface area contributed by atoms with Gasteiger partial charge in [0.05, 0.1) is 5.56 Å². The fourth-order valence-corrected chi connectivity index (χ4v) is 3.84. The van der Waals surface area contributed by atoms with Crippen molar-refractivity contribution >= 4 is 34.8 Å². The van der Waals surface area contributed by atoms with Crippen molar-refractivity contribution in [1.82, 2.24) is 9.97 Å². The smallest absolute Gasteiger partial charge is 0.254 e. The topological polar surface area (TPSA) is 113 Å². The summed E-state index contributed by atoms with van der Waals surface area (Å²) in [7, 11) is 0. The van der Waals surface area contributed by atoms with Crippen LogP contribution in [0.1, 0.15) is 49.4 Å². The molecule has 2 aromatic rings. The van der Waals surface area contributed by atoms with Crippen molar-refractivity contribution in [2.75, 3.05) is 28.6 Å². The van der Waals surface area contributed by atoms with Crippen LogP contribution in [-0.4, -0.2) is 40.8 Å². The van der Waals surface area contributed by atoms with E-state index in [1.807, 2.05) is 12.1 Å². The minimum absolute atomic E-state index is 0.283. The van der Waals surface area contributed by atoms with Gasteiger partial charge >= 0.3 is 0 Å². The van der Waals surface area contributed by atoms with Crippen LogP contribution < -0.4 is 21.3 Å². The fourth-order valence-electron chi connectivity index (χ4n) is 3.84. The first-order valence-electron chi connectivity index (χ1n) is 10.5. The Balaban J connectivity index is 1.39. The molecule has 0 radical (unpaired) electrons. The molecule has 1 aliphatic carbocycles. The molecule has 1 saturated heterocycles. The highest BCUT2D eigenvalue weighted by Gasteiger charge is 2.24.